The highest BCUT2D eigenvalue weighted by molar-refractivity contribution is 7.89. The van der Waals surface area contributed by atoms with E-state index in [4.69, 9.17) is 0 Å². The van der Waals surface area contributed by atoms with E-state index in [1.807, 2.05) is 42.2 Å². The summed E-state index contributed by atoms with van der Waals surface area (Å²) in [5.74, 6) is 0.0581. The number of fused-ring (bicyclic) bond motifs is 1. The number of carbonyl (C=O) groups excluding carboxylic acids is 1. The number of sulfonamides is 1. The van der Waals surface area contributed by atoms with Crippen LogP contribution >= 0.6 is 0 Å². The largest absolute Gasteiger partial charge is 0.343 e. The average Bonchev–Trinajstić information content (AvgIpc) is 3.04. The Morgan fingerprint density at radius 3 is 2.30 bits per heavy atom. The summed E-state index contributed by atoms with van der Waals surface area (Å²) in [6.45, 7) is 3.89. The quantitative estimate of drug-likeness (QED) is 0.740. The van der Waals surface area contributed by atoms with E-state index in [9.17, 15) is 13.2 Å². The second kappa shape index (κ2) is 8.90. The normalized spacial score (nSPS) is 20.4. The van der Waals surface area contributed by atoms with E-state index in [0.717, 1.165) is 55.5 Å². The van der Waals surface area contributed by atoms with Crippen molar-refractivity contribution < 1.29 is 13.2 Å². The van der Waals surface area contributed by atoms with Gasteiger partial charge in [-0.25, -0.2) is 8.42 Å². The fourth-order valence-corrected chi connectivity index (χ4v) is 6.19. The molecule has 2 heterocycles. The lowest BCUT2D eigenvalue weighted by atomic mass is 9.92. The number of hydrogen-bond donors (Lipinski definition) is 0. The molecule has 5 nitrogen and oxygen atoms in total. The maximum absolute atomic E-state index is 13.5. The molecule has 0 unspecified atom stereocenters. The van der Waals surface area contributed by atoms with Crippen molar-refractivity contribution >= 4 is 15.9 Å². The van der Waals surface area contributed by atoms with Crippen molar-refractivity contribution in [1.82, 2.24) is 9.21 Å². The molecule has 1 amide bonds. The standard InChI is InChI=1S/C24H30N2O3S/c1-19-10-12-21(13-11-19)30(28,29)26-17-14-20-8-4-5-9-22(20)23(26)18-24(27)25-15-6-2-3-7-16-25/h4-5,8-13,23H,2-3,6-7,14-18H2,1H3/t23-/m1/s1. The Balaban J connectivity index is 1.67. The van der Waals surface area contributed by atoms with Gasteiger partial charge in [-0.3, -0.25) is 4.79 Å². The topological polar surface area (TPSA) is 57.7 Å². The molecule has 0 saturated carbocycles. The number of nitrogens with zero attached hydrogens (tertiary/aromatic N) is 2. The van der Waals surface area contributed by atoms with Crippen LogP contribution in [0.4, 0.5) is 0 Å². The summed E-state index contributed by atoms with van der Waals surface area (Å²) in [7, 11) is -3.69. The van der Waals surface area contributed by atoms with Gasteiger partial charge in [0.25, 0.3) is 0 Å². The number of carbonyl (C=O) groups is 1. The minimum absolute atomic E-state index is 0.0581. The monoisotopic (exact) mass is 426 g/mol. The summed E-state index contributed by atoms with van der Waals surface area (Å²) in [6, 6.07) is 14.5. The molecular formula is C24H30N2O3S. The first-order chi connectivity index (χ1) is 14.5. The summed E-state index contributed by atoms with van der Waals surface area (Å²) in [6.07, 6.45) is 5.22. The number of likely N-dealkylation sites (tertiary alicyclic amines) is 1. The van der Waals surface area contributed by atoms with Crippen LogP contribution in [0.25, 0.3) is 0 Å². The van der Waals surface area contributed by atoms with Gasteiger partial charge in [0.05, 0.1) is 10.9 Å². The zero-order valence-electron chi connectivity index (χ0n) is 17.6. The lowest BCUT2D eigenvalue weighted by molar-refractivity contribution is -0.132. The highest BCUT2D eigenvalue weighted by Gasteiger charge is 2.38. The van der Waals surface area contributed by atoms with E-state index >= 15 is 0 Å². The zero-order chi connectivity index (χ0) is 21.1. The van der Waals surface area contributed by atoms with Crippen LogP contribution in [0.5, 0.6) is 0 Å². The Hall–Kier alpha value is -2.18. The Labute approximate surface area is 179 Å². The smallest absolute Gasteiger partial charge is 0.243 e. The molecule has 2 aromatic carbocycles. The van der Waals surface area contributed by atoms with Gasteiger partial charge < -0.3 is 4.90 Å². The molecule has 1 atom stereocenters. The first-order valence-electron chi connectivity index (χ1n) is 10.9. The number of rotatable bonds is 4. The van der Waals surface area contributed by atoms with Crippen LogP contribution in [-0.2, 0) is 21.2 Å². The van der Waals surface area contributed by atoms with E-state index in [1.54, 1.807) is 16.4 Å². The van der Waals surface area contributed by atoms with Gasteiger partial charge >= 0.3 is 0 Å². The van der Waals surface area contributed by atoms with Crippen LogP contribution in [0.1, 0.15) is 54.8 Å². The van der Waals surface area contributed by atoms with Gasteiger partial charge in [-0.15, -0.1) is 0 Å². The zero-order valence-corrected chi connectivity index (χ0v) is 18.4. The Morgan fingerprint density at radius 2 is 1.60 bits per heavy atom. The summed E-state index contributed by atoms with van der Waals surface area (Å²) < 4.78 is 28.6. The Morgan fingerprint density at radius 1 is 0.933 bits per heavy atom. The molecule has 30 heavy (non-hydrogen) atoms. The molecule has 0 radical (unpaired) electrons. The van der Waals surface area contributed by atoms with Gasteiger partial charge in [0.1, 0.15) is 0 Å². The molecule has 4 rings (SSSR count). The first kappa shape index (κ1) is 21.1. The van der Waals surface area contributed by atoms with Gasteiger partial charge in [-0.1, -0.05) is 54.8 Å². The van der Waals surface area contributed by atoms with Crippen LogP contribution in [-0.4, -0.2) is 43.2 Å². The van der Waals surface area contributed by atoms with Gasteiger partial charge in [-0.2, -0.15) is 4.31 Å². The van der Waals surface area contributed by atoms with Crippen molar-refractivity contribution in [3.8, 4) is 0 Å². The molecule has 0 spiro atoms. The summed E-state index contributed by atoms with van der Waals surface area (Å²) in [4.78, 5) is 15.4. The summed E-state index contributed by atoms with van der Waals surface area (Å²) in [5, 5.41) is 0. The molecule has 2 aromatic rings. The van der Waals surface area contributed by atoms with Crippen molar-refractivity contribution in [3.63, 3.8) is 0 Å². The molecule has 0 bridgehead atoms. The van der Waals surface area contributed by atoms with Gasteiger partial charge in [0.15, 0.2) is 0 Å². The lowest BCUT2D eigenvalue weighted by Crippen LogP contribution is -2.43. The number of aryl methyl sites for hydroxylation is 1. The Bertz CT molecular complexity index is 993. The fourth-order valence-electron chi connectivity index (χ4n) is 4.59. The van der Waals surface area contributed by atoms with Crippen molar-refractivity contribution in [2.24, 2.45) is 0 Å². The number of amides is 1. The van der Waals surface area contributed by atoms with Crippen LogP contribution in [0.15, 0.2) is 53.4 Å². The molecule has 0 aliphatic carbocycles. The van der Waals surface area contributed by atoms with Crippen LogP contribution in [0, 0.1) is 6.92 Å². The third-order valence-electron chi connectivity index (χ3n) is 6.32. The van der Waals surface area contributed by atoms with E-state index in [1.165, 1.54) is 0 Å². The van der Waals surface area contributed by atoms with Gasteiger partial charge in [-0.05, 0) is 49.4 Å². The fraction of sp³-hybridized carbons (Fsp3) is 0.458. The molecule has 2 aliphatic heterocycles. The van der Waals surface area contributed by atoms with Crippen LogP contribution < -0.4 is 0 Å². The molecule has 160 valence electrons. The van der Waals surface area contributed by atoms with Crippen LogP contribution in [0.2, 0.25) is 0 Å². The van der Waals surface area contributed by atoms with Crippen molar-refractivity contribution in [3.05, 3.63) is 65.2 Å². The third kappa shape index (κ3) is 4.30. The average molecular weight is 427 g/mol. The maximum Gasteiger partial charge on any atom is 0.243 e. The van der Waals surface area contributed by atoms with E-state index in [0.29, 0.717) is 17.9 Å². The van der Waals surface area contributed by atoms with E-state index in [2.05, 4.69) is 6.07 Å². The predicted octanol–water partition coefficient (Wildman–Crippen LogP) is 4.08. The van der Waals surface area contributed by atoms with Crippen molar-refractivity contribution in [2.45, 2.75) is 56.4 Å². The van der Waals surface area contributed by atoms with Crippen molar-refractivity contribution in [1.29, 1.82) is 0 Å². The van der Waals surface area contributed by atoms with Crippen LogP contribution in [0.3, 0.4) is 0 Å². The third-order valence-corrected chi connectivity index (χ3v) is 8.24. The van der Waals surface area contributed by atoms with Gasteiger partial charge in [0, 0.05) is 26.1 Å². The molecule has 1 saturated heterocycles. The second-order valence-electron chi connectivity index (χ2n) is 8.39. The van der Waals surface area contributed by atoms with Gasteiger partial charge in [0.2, 0.25) is 15.9 Å². The minimum atomic E-state index is -3.69. The van der Waals surface area contributed by atoms with E-state index < -0.39 is 16.1 Å². The SMILES string of the molecule is Cc1ccc(S(=O)(=O)N2CCc3ccccc3[C@H]2CC(=O)N2CCCCCC2)cc1. The molecule has 6 heteroatoms. The minimum Gasteiger partial charge on any atom is -0.343 e. The van der Waals surface area contributed by atoms with E-state index in [-0.39, 0.29) is 12.3 Å². The molecule has 0 aromatic heterocycles. The highest BCUT2D eigenvalue weighted by Crippen LogP contribution is 2.37. The molecular weight excluding hydrogens is 396 g/mol. The number of hydrogen-bond acceptors (Lipinski definition) is 3. The Kier molecular flexibility index (Phi) is 6.25. The predicted molar refractivity (Wildman–Crippen MR) is 118 cm³/mol. The molecule has 2 aliphatic rings. The van der Waals surface area contributed by atoms with Crippen molar-refractivity contribution in [2.75, 3.05) is 19.6 Å². The lowest BCUT2D eigenvalue weighted by Gasteiger charge is -2.37. The summed E-state index contributed by atoms with van der Waals surface area (Å²) in [5.41, 5.74) is 3.12. The second-order valence-corrected chi connectivity index (χ2v) is 10.3. The first-order valence-corrected chi connectivity index (χ1v) is 12.3. The maximum atomic E-state index is 13.5. The molecule has 1 fully saturated rings. The highest BCUT2D eigenvalue weighted by atomic mass is 32.2. The number of benzene rings is 2. The molecule has 0 N–H and O–H groups in total. The summed E-state index contributed by atoms with van der Waals surface area (Å²) >= 11 is 0.